The first kappa shape index (κ1) is 20.9. The normalized spacial score (nSPS) is 14.4. The summed E-state index contributed by atoms with van der Waals surface area (Å²) in [4.78, 5) is 0. The lowest BCUT2D eigenvalue weighted by atomic mass is 9.98. The minimum absolute atomic E-state index is 0.0456. The number of aromatic nitrogens is 2. The smallest absolute Gasteiger partial charge is 0.0636 e. The van der Waals surface area contributed by atoms with Crippen LogP contribution in [0, 0.1) is 0 Å². The fourth-order valence-corrected chi connectivity index (χ4v) is 8.80. The maximum absolute atomic E-state index is 9.38. The number of fused-ring (bicyclic) bond motifs is 9. The Morgan fingerprint density at radius 1 is 0.412 bits per heavy atom. The van der Waals surface area contributed by atoms with Gasteiger partial charge in [-0.1, -0.05) is 121 Å². The molecule has 8 aromatic carbocycles. The molecule has 238 valence electrons. The highest BCUT2D eigenvalue weighted by atomic mass is 32.1. The third kappa shape index (κ3) is 4.29. The molecule has 0 fully saturated rings. The molecule has 11 aromatic rings. The first-order valence-corrected chi connectivity index (χ1v) is 17.5. The second kappa shape index (κ2) is 11.0. The minimum Gasteiger partial charge on any atom is -0.309 e. The monoisotopic (exact) mass is 675 g/mol. The average molecular weight is 676 g/mol. The van der Waals surface area contributed by atoms with Crippen LogP contribution in [0.2, 0.25) is 0 Å². The molecule has 0 saturated heterocycles. The van der Waals surface area contributed by atoms with E-state index < -0.39 is 42.3 Å². The summed E-state index contributed by atoms with van der Waals surface area (Å²) in [5.74, 6) is 0. The van der Waals surface area contributed by atoms with Gasteiger partial charge in [0.05, 0.1) is 40.1 Å². The Morgan fingerprint density at radius 2 is 1.04 bits per heavy atom. The van der Waals surface area contributed by atoms with Gasteiger partial charge in [0.1, 0.15) is 0 Å². The number of nitrogens with zero attached hydrogens (tertiary/aromatic N) is 2. The van der Waals surface area contributed by atoms with Crippen molar-refractivity contribution >= 4 is 75.1 Å². The fraction of sp³-hybridized carbons (Fsp3) is 0. The van der Waals surface area contributed by atoms with Crippen molar-refractivity contribution in [1.29, 1.82) is 0 Å². The van der Waals surface area contributed by atoms with E-state index in [0.717, 1.165) is 64.4 Å². The maximum Gasteiger partial charge on any atom is 0.0636 e. The van der Waals surface area contributed by atoms with Crippen LogP contribution in [-0.2, 0) is 0 Å². The van der Waals surface area contributed by atoms with Crippen LogP contribution in [0.5, 0.6) is 0 Å². The Bertz CT molecular complexity index is 3590. The van der Waals surface area contributed by atoms with Crippen LogP contribution in [0.1, 0.15) is 12.3 Å². The highest BCUT2D eigenvalue weighted by Gasteiger charge is 2.19. The molecule has 0 radical (unpaired) electrons. The number of thiophene rings is 1. The molecule has 0 N–H and O–H groups in total. The van der Waals surface area contributed by atoms with Crippen LogP contribution in [-0.4, -0.2) is 9.13 Å². The second-order valence-electron chi connectivity index (χ2n) is 12.6. The van der Waals surface area contributed by atoms with Gasteiger partial charge in [-0.3, -0.25) is 0 Å². The van der Waals surface area contributed by atoms with Crippen LogP contribution >= 0.6 is 11.3 Å². The van der Waals surface area contributed by atoms with Gasteiger partial charge < -0.3 is 9.13 Å². The molecule has 51 heavy (non-hydrogen) atoms. The lowest BCUT2D eigenvalue weighted by molar-refractivity contribution is 1.16. The Kier molecular flexibility index (Phi) is 4.54. The molecule has 0 unspecified atom stereocenters. The molecule has 0 bridgehead atoms. The van der Waals surface area contributed by atoms with Crippen molar-refractivity contribution in [3.05, 3.63) is 182 Å². The molecule has 11 rings (SSSR count). The molecule has 0 spiro atoms. The van der Waals surface area contributed by atoms with Gasteiger partial charge in [0.25, 0.3) is 0 Å². The highest BCUT2D eigenvalue weighted by molar-refractivity contribution is 7.25. The maximum atomic E-state index is 9.38. The van der Waals surface area contributed by atoms with Crippen LogP contribution < -0.4 is 0 Å². The topological polar surface area (TPSA) is 9.86 Å². The van der Waals surface area contributed by atoms with E-state index in [4.69, 9.17) is 11.0 Å². The number of para-hydroxylation sites is 3. The summed E-state index contributed by atoms with van der Waals surface area (Å²) >= 11 is 1.63. The largest absolute Gasteiger partial charge is 0.309 e. The van der Waals surface area contributed by atoms with E-state index in [0.29, 0.717) is 5.56 Å². The van der Waals surface area contributed by atoms with Gasteiger partial charge >= 0.3 is 0 Å². The van der Waals surface area contributed by atoms with Gasteiger partial charge in [-0.15, -0.1) is 11.3 Å². The van der Waals surface area contributed by atoms with Crippen LogP contribution in [0.15, 0.2) is 182 Å². The Hall–Kier alpha value is -6.42. The Morgan fingerprint density at radius 3 is 1.76 bits per heavy atom. The van der Waals surface area contributed by atoms with E-state index in [9.17, 15) is 1.37 Å². The molecule has 0 saturated carbocycles. The van der Waals surface area contributed by atoms with E-state index in [1.165, 1.54) is 10.8 Å². The third-order valence-corrected chi connectivity index (χ3v) is 11.0. The SMILES string of the molecule is [2H]c1c([2H])c([2H])c(-c2c([2H])c([2H])c([2H])c(-c3ccc4sc5cccc(-n6c7ccccc7c7ccc(-n8c9ccccc9c9ccccc98)cc76)c5c4c3)c2[2H])c([2H])c1[2H]. The second-order valence-corrected chi connectivity index (χ2v) is 13.7. The summed E-state index contributed by atoms with van der Waals surface area (Å²) in [6.07, 6.45) is 0. The zero-order chi connectivity index (χ0) is 41.3. The van der Waals surface area contributed by atoms with Crippen LogP contribution in [0.3, 0.4) is 0 Å². The fourth-order valence-electron chi connectivity index (χ4n) is 7.70. The minimum atomic E-state index is -0.598. The summed E-state index contributed by atoms with van der Waals surface area (Å²) in [7, 11) is 0. The molecule has 3 heteroatoms. The highest BCUT2D eigenvalue weighted by Crippen LogP contribution is 2.43. The van der Waals surface area contributed by atoms with Gasteiger partial charge in [-0.05, 0) is 82.9 Å². The van der Waals surface area contributed by atoms with Gasteiger partial charge in [0, 0.05) is 47.4 Å². The van der Waals surface area contributed by atoms with Crippen molar-refractivity contribution in [2.45, 2.75) is 0 Å². The average Bonchev–Trinajstić information content (AvgIpc) is 3.93. The predicted octanol–water partition coefficient (Wildman–Crippen LogP) is 13.6. The van der Waals surface area contributed by atoms with E-state index in [2.05, 4.69) is 112 Å². The van der Waals surface area contributed by atoms with Crippen LogP contribution in [0.25, 0.3) is 97.4 Å². The van der Waals surface area contributed by atoms with Crippen molar-refractivity contribution in [2.24, 2.45) is 0 Å². The van der Waals surface area contributed by atoms with Crippen molar-refractivity contribution in [3.8, 4) is 33.6 Å². The van der Waals surface area contributed by atoms with Crippen LogP contribution in [0.4, 0.5) is 0 Å². The van der Waals surface area contributed by atoms with Gasteiger partial charge in [-0.25, -0.2) is 0 Å². The quantitative estimate of drug-likeness (QED) is 0.176. The Labute approximate surface area is 311 Å². The predicted molar refractivity (Wildman–Crippen MR) is 219 cm³/mol. The van der Waals surface area contributed by atoms with Gasteiger partial charge in [0.2, 0.25) is 0 Å². The standard InChI is InChI=1S/C48H30N2S/c1-2-12-31(13-3-1)32-14-10-15-33(28-32)34-24-27-46-40(29-34)48-44(22-11-23-47(48)51-46)50-43-21-9-6-18-38(43)39-26-25-35(30-45(39)50)49-41-19-7-4-16-36(41)37-17-5-8-20-42(37)49/h1-30H/i1D,2D,3D,10D,12D,13D,14D,15D,28D. The summed E-state index contributed by atoms with van der Waals surface area (Å²) in [6, 6.07) is 39.2. The summed E-state index contributed by atoms with van der Waals surface area (Å²) in [5.41, 5.74) is 6.15. The molecule has 0 aliphatic carbocycles. The number of benzene rings is 8. The molecular formula is C48H30N2S. The molecule has 3 heterocycles. The zero-order valence-electron chi connectivity index (χ0n) is 35.9. The molecule has 0 aliphatic heterocycles. The summed E-state index contributed by atoms with van der Waals surface area (Å²) < 4.78 is 84.5. The summed E-state index contributed by atoms with van der Waals surface area (Å²) in [6.45, 7) is 0. The lowest BCUT2D eigenvalue weighted by Gasteiger charge is -2.13. The zero-order valence-corrected chi connectivity index (χ0v) is 27.7. The van der Waals surface area contributed by atoms with E-state index in [1.54, 1.807) is 17.4 Å². The van der Waals surface area contributed by atoms with Gasteiger partial charge in [-0.2, -0.15) is 0 Å². The van der Waals surface area contributed by atoms with Gasteiger partial charge in [0.15, 0.2) is 0 Å². The Balaban J connectivity index is 1.18. The molecule has 0 atom stereocenters. The van der Waals surface area contributed by atoms with Crippen molar-refractivity contribution < 1.29 is 12.3 Å². The number of hydrogen-bond acceptors (Lipinski definition) is 1. The molecule has 0 amide bonds. The molecule has 2 nitrogen and oxygen atoms in total. The van der Waals surface area contributed by atoms with Crippen molar-refractivity contribution in [2.75, 3.05) is 0 Å². The number of hydrogen-bond donors (Lipinski definition) is 0. The summed E-state index contributed by atoms with van der Waals surface area (Å²) in [5, 5.41) is 6.41. The van der Waals surface area contributed by atoms with Crippen molar-refractivity contribution in [1.82, 2.24) is 9.13 Å². The molecular weight excluding hydrogens is 637 g/mol. The first-order valence-electron chi connectivity index (χ1n) is 21.2. The lowest BCUT2D eigenvalue weighted by Crippen LogP contribution is -1.97. The van der Waals surface area contributed by atoms with E-state index in [1.807, 2.05) is 18.2 Å². The number of rotatable bonds is 4. The third-order valence-electron chi connectivity index (χ3n) is 9.87. The molecule has 0 aliphatic rings. The van der Waals surface area contributed by atoms with E-state index in [-0.39, 0.29) is 28.8 Å². The molecule has 3 aromatic heterocycles. The first-order chi connectivity index (χ1) is 29.0. The van der Waals surface area contributed by atoms with Crippen molar-refractivity contribution in [3.63, 3.8) is 0 Å². The van der Waals surface area contributed by atoms with E-state index >= 15 is 0 Å².